The summed E-state index contributed by atoms with van der Waals surface area (Å²) in [7, 11) is 0. The first-order chi connectivity index (χ1) is 13.5. The van der Waals surface area contributed by atoms with Crippen molar-refractivity contribution in [3.8, 4) is 5.75 Å². The summed E-state index contributed by atoms with van der Waals surface area (Å²) in [5.74, 6) is -1.58. The van der Waals surface area contributed by atoms with E-state index in [2.05, 4.69) is 10.6 Å². The minimum atomic E-state index is -1.54. The van der Waals surface area contributed by atoms with Crippen molar-refractivity contribution in [3.05, 3.63) is 29.6 Å². The first kappa shape index (κ1) is 18.3. The number of ether oxygens (including phenoxy) is 1. The Bertz CT molecular complexity index is 759. The van der Waals surface area contributed by atoms with Gasteiger partial charge in [0, 0.05) is 19.0 Å². The van der Waals surface area contributed by atoms with Crippen LogP contribution in [0.15, 0.2) is 12.1 Å². The second kappa shape index (κ2) is 6.94. The molecular formula is C21H25F3N2O2. The molecule has 7 heteroatoms. The first-order valence-electron chi connectivity index (χ1n) is 10.3. The lowest BCUT2D eigenvalue weighted by molar-refractivity contribution is -0.126. The Kier molecular flexibility index (Phi) is 4.53. The number of benzene rings is 1. The van der Waals surface area contributed by atoms with E-state index < -0.39 is 29.6 Å². The van der Waals surface area contributed by atoms with Crippen molar-refractivity contribution < 1.29 is 22.7 Å². The zero-order valence-electron chi connectivity index (χ0n) is 15.6. The molecule has 2 N–H and O–H groups in total. The maximum absolute atomic E-state index is 13.8. The molecule has 6 rings (SSSR count). The predicted octanol–water partition coefficient (Wildman–Crippen LogP) is 3.15. The van der Waals surface area contributed by atoms with E-state index in [1.807, 2.05) is 0 Å². The quantitative estimate of drug-likeness (QED) is 0.772. The Morgan fingerprint density at radius 1 is 0.964 bits per heavy atom. The van der Waals surface area contributed by atoms with Crippen molar-refractivity contribution in [2.24, 2.45) is 23.7 Å². The number of carbonyl (C=O) groups is 1. The van der Waals surface area contributed by atoms with Crippen molar-refractivity contribution in [2.45, 2.75) is 56.7 Å². The van der Waals surface area contributed by atoms with E-state index >= 15 is 0 Å². The Morgan fingerprint density at radius 2 is 1.64 bits per heavy atom. The fourth-order valence-electron chi connectivity index (χ4n) is 6.20. The number of hydrogen-bond acceptors (Lipinski definition) is 3. The van der Waals surface area contributed by atoms with Gasteiger partial charge < -0.3 is 15.4 Å². The predicted molar refractivity (Wildman–Crippen MR) is 96.1 cm³/mol. The van der Waals surface area contributed by atoms with Crippen LogP contribution in [0, 0.1) is 41.1 Å². The summed E-state index contributed by atoms with van der Waals surface area (Å²) >= 11 is 0. The highest BCUT2D eigenvalue weighted by molar-refractivity contribution is 5.82. The molecule has 1 aromatic rings. The van der Waals surface area contributed by atoms with Gasteiger partial charge in [0.05, 0.1) is 6.04 Å². The van der Waals surface area contributed by atoms with E-state index in [1.54, 1.807) is 0 Å². The zero-order valence-corrected chi connectivity index (χ0v) is 15.6. The van der Waals surface area contributed by atoms with Crippen molar-refractivity contribution >= 4 is 5.91 Å². The second-order valence-electron chi connectivity index (χ2n) is 9.07. The fourth-order valence-corrected chi connectivity index (χ4v) is 6.20. The number of hydrogen-bond donors (Lipinski definition) is 2. The van der Waals surface area contributed by atoms with Gasteiger partial charge in [-0.3, -0.25) is 4.79 Å². The van der Waals surface area contributed by atoms with Crippen LogP contribution in [-0.2, 0) is 4.79 Å². The Morgan fingerprint density at radius 3 is 2.32 bits per heavy atom. The highest BCUT2D eigenvalue weighted by atomic mass is 19.2. The molecule has 152 valence electrons. The maximum atomic E-state index is 13.8. The molecule has 1 amide bonds. The standard InChI is InChI=1S/C21H25F3N2O2/c22-15-1-2-17(19(24)18(15)23)28-14-8-16(25-9-14)21(27)26-20-12-4-10-3-11(6-12)7-13(20)5-10/h1-2,10-14,16,20,25H,3-9H2,(H,26,27)/t10?,11?,12?,13?,14-,16-,20?/m0/s1. The topological polar surface area (TPSA) is 50.4 Å². The number of carbonyl (C=O) groups excluding carboxylic acids is 1. The summed E-state index contributed by atoms with van der Waals surface area (Å²) in [6, 6.07) is 1.78. The van der Waals surface area contributed by atoms with Gasteiger partial charge in [0.25, 0.3) is 0 Å². The molecule has 0 unspecified atom stereocenters. The Hall–Kier alpha value is -1.76. The largest absolute Gasteiger partial charge is 0.486 e. The molecule has 1 aromatic carbocycles. The molecule has 4 bridgehead atoms. The number of rotatable bonds is 4. The maximum Gasteiger partial charge on any atom is 0.237 e. The number of nitrogens with one attached hydrogen (secondary N) is 2. The van der Waals surface area contributed by atoms with Crippen molar-refractivity contribution in [2.75, 3.05) is 6.54 Å². The van der Waals surface area contributed by atoms with E-state index in [-0.39, 0.29) is 17.7 Å². The minimum Gasteiger partial charge on any atom is -0.486 e. The van der Waals surface area contributed by atoms with Crippen LogP contribution in [0.1, 0.15) is 38.5 Å². The molecular weight excluding hydrogens is 369 g/mol. The van der Waals surface area contributed by atoms with Gasteiger partial charge in [-0.2, -0.15) is 4.39 Å². The zero-order chi connectivity index (χ0) is 19.4. The van der Waals surface area contributed by atoms with Gasteiger partial charge in [-0.25, -0.2) is 8.78 Å². The van der Waals surface area contributed by atoms with Crippen LogP contribution in [0.5, 0.6) is 5.75 Å². The van der Waals surface area contributed by atoms with Crippen LogP contribution in [0.4, 0.5) is 13.2 Å². The van der Waals surface area contributed by atoms with Crippen LogP contribution in [0.2, 0.25) is 0 Å². The van der Waals surface area contributed by atoms with E-state index in [1.165, 1.54) is 32.1 Å². The fraction of sp³-hybridized carbons (Fsp3) is 0.667. The summed E-state index contributed by atoms with van der Waals surface area (Å²) in [6.45, 7) is 0.359. The molecule has 28 heavy (non-hydrogen) atoms. The summed E-state index contributed by atoms with van der Waals surface area (Å²) in [5.41, 5.74) is 0. The van der Waals surface area contributed by atoms with Crippen LogP contribution in [-0.4, -0.2) is 30.6 Å². The molecule has 0 spiro atoms. The van der Waals surface area contributed by atoms with Gasteiger partial charge in [0.15, 0.2) is 17.4 Å². The smallest absolute Gasteiger partial charge is 0.237 e. The van der Waals surface area contributed by atoms with Gasteiger partial charge >= 0.3 is 0 Å². The summed E-state index contributed by atoms with van der Waals surface area (Å²) in [4.78, 5) is 12.8. The monoisotopic (exact) mass is 394 g/mol. The summed E-state index contributed by atoms with van der Waals surface area (Å²) in [6.07, 6.45) is 6.21. The number of halogens is 3. The van der Waals surface area contributed by atoms with E-state index in [4.69, 9.17) is 4.74 Å². The van der Waals surface area contributed by atoms with E-state index in [9.17, 15) is 18.0 Å². The lowest BCUT2D eigenvalue weighted by Crippen LogP contribution is -2.58. The highest BCUT2D eigenvalue weighted by Gasteiger charge is 2.49. The molecule has 0 aromatic heterocycles. The normalized spacial score (nSPS) is 38.6. The molecule has 4 saturated carbocycles. The third-order valence-electron chi connectivity index (χ3n) is 7.24. The average Bonchev–Trinajstić information content (AvgIpc) is 3.13. The molecule has 4 nitrogen and oxygen atoms in total. The average molecular weight is 394 g/mol. The van der Waals surface area contributed by atoms with Gasteiger partial charge in [0.1, 0.15) is 6.10 Å². The van der Waals surface area contributed by atoms with Gasteiger partial charge in [-0.15, -0.1) is 0 Å². The first-order valence-corrected chi connectivity index (χ1v) is 10.3. The molecule has 5 aliphatic rings. The van der Waals surface area contributed by atoms with Crippen molar-refractivity contribution in [3.63, 3.8) is 0 Å². The van der Waals surface area contributed by atoms with Crippen LogP contribution in [0.25, 0.3) is 0 Å². The third kappa shape index (κ3) is 3.17. The van der Waals surface area contributed by atoms with Crippen LogP contribution in [0.3, 0.4) is 0 Å². The molecule has 2 atom stereocenters. The highest BCUT2D eigenvalue weighted by Crippen LogP contribution is 2.53. The summed E-state index contributed by atoms with van der Waals surface area (Å²) < 4.78 is 45.7. The molecule has 1 heterocycles. The second-order valence-corrected chi connectivity index (χ2v) is 9.07. The lowest BCUT2D eigenvalue weighted by Gasteiger charge is -2.54. The lowest BCUT2D eigenvalue weighted by atomic mass is 9.54. The number of amides is 1. The van der Waals surface area contributed by atoms with E-state index in [0.717, 1.165) is 24.0 Å². The molecule has 1 saturated heterocycles. The Balaban J connectivity index is 1.18. The van der Waals surface area contributed by atoms with Crippen LogP contribution < -0.4 is 15.4 Å². The SMILES string of the molecule is O=C(NC1C2CC3CC(C2)CC1C3)[C@@H]1C[C@H](Oc2ccc(F)c(F)c2F)CN1. The van der Waals surface area contributed by atoms with E-state index in [0.29, 0.717) is 24.8 Å². The minimum absolute atomic E-state index is 0.0330. The van der Waals surface area contributed by atoms with Crippen molar-refractivity contribution in [1.82, 2.24) is 10.6 Å². The Labute approximate surface area is 162 Å². The summed E-state index contributed by atoms with van der Waals surface area (Å²) in [5, 5.41) is 6.39. The van der Waals surface area contributed by atoms with Gasteiger partial charge in [-0.05, 0) is 67.9 Å². The van der Waals surface area contributed by atoms with Gasteiger partial charge in [-0.1, -0.05) is 0 Å². The van der Waals surface area contributed by atoms with Crippen molar-refractivity contribution in [1.29, 1.82) is 0 Å². The molecule has 5 fully saturated rings. The molecule has 4 aliphatic carbocycles. The molecule has 0 radical (unpaired) electrons. The molecule has 1 aliphatic heterocycles. The third-order valence-corrected chi connectivity index (χ3v) is 7.24. The van der Waals surface area contributed by atoms with Gasteiger partial charge in [0.2, 0.25) is 11.7 Å². The van der Waals surface area contributed by atoms with Crippen LogP contribution >= 0.6 is 0 Å².